The molecule has 0 unspecified atom stereocenters. The number of ether oxygens (including phenoxy) is 2. The Kier molecular flexibility index (Phi) is 9.75. The summed E-state index contributed by atoms with van der Waals surface area (Å²) in [5.41, 5.74) is 0.498. The molecule has 0 spiro atoms. The quantitative estimate of drug-likeness (QED) is 0.489. The molecule has 0 saturated heterocycles. The summed E-state index contributed by atoms with van der Waals surface area (Å²) in [4.78, 5) is 10.6. The number of methoxy groups -OCH3 is 2. The van der Waals surface area contributed by atoms with Gasteiger partial charge in [-0.3, -0.25) is 0 Å². The Bertz CT molecular complexity index is 369. The summed E-state index contributed by atoms with van der Waals surface area (Å²) in [6.45, 7) is 0.229. The number of amides is 2. The molecule has 2 amide bonds. The van der Waals surface area contributed by atoms with E-state index in [9.17, 15) is 4.79 Å². The van der Waals surface area contributed by atoms with Crippen LogP contribution in [0.15, 0.2) is 18.2 Å². The summed E-state index contributed by atoms with van der Waals surface area (Å²) < 4.78 is 9.16. The highest BCUT2D eigenvalue weighted by Crippen LogP contribution is 2.19. The number of hydrogen-bond donors (Lipinski definition) is 5. The standard InChI is InChI=1S/C7H8O3.C5H12N2O3/c8-4-5-1-6(9)3-7(10)2-5;1-9-3-6-5(8)7-4-10-2/h1-3,8-10H,4H2;3-4H2,1-2H3,(H2,6,7,8). The molecule has 0 atom stereocenters. The molecule has 0 radical (unpaired) electrons. The second-order valence-corrected chi connectivity index (χ2v) is 3.56. The predicted octanol–water partition coefficient (Wildman–Crippen LogP) is 0.0835. The molecule has 5 N–H and O–H groups in total. The molecule has 0 bridgehead atoms. The van der Waals surface area contributed by atoms with Crippen LogP contribution >= 0.6 is 0 Å². The molecule has 1 aromatic carbocycles. The third-order valence-corrected chi connectivity index (χ3v) is 1.90. The van der Waals surface area contributed by atoms with Gasteiger partial charge in [-0.25, -0.2) is 4.79 Å². The van der Waals surface area contributed by atoms with E-state index in [1.54, 1.807) is 0 Å². The molecular formula is C12H20N2O6. The van der Waals surface area contributed by atoms with E-state index in [2.05, 4.69) is 20.1 Å². The number of hydrogen-bond acceptors (Lipinski definition) is 6. The van der Waals surface area contributed by atoms with Crippen LogP contribution in [-0.2, 0) is 16.1 Å². The molecule has 0 aliphatic carbocycles. The number of urea groups is 1. The van der Waals surface area contributed by atoms with Crippen LogP contribution in [0.3, 0.4) is 0 Å². The van der Waals surface area contributed by atoms with Crippen molar-refractivity contribution in [2.75, 3.05) is 27.7 Å². The minimum absolute atomic E-state index is 0.0379. The smallest absolute Gasteiger partial charge is 0.318 e. The first-order valence-electron chi connectivity index (χ1n) is 5.65. The number of aromatic hydroxyl groups is 2. The Morgan fingerprint density at radius 3 is 1.85 bits per heavy atom. The van der Waals surface area contributed by atoms with Crippen LogP contribution in [-0.4, -0.2) is 49.0 Å². The highest BCUT2D eigenvalue weighted by molar-refractivity contribution is 5.73. The van der Waals surface area contributed by atoms with Crippen molar-refractivity contribution in [1.29, 1.82) is 0 Å². The maximum Gasteiger partial charge on any atom is 0.318 e. The molecule has 0 fully saturated rings. The molecule has 1 aromatic rings. The van der Waals surface area contributed by atoms with Gasteiger partial charge in [0.1, 0.15) is 25.0 Å². The molecule has 8 nitrogen and oxygen atoms in total. The number of rotatable bonds is 5. The van der Waals surface area contributed by atoms with Gasteiger partial charge in [0.05, 0.1) is 6.61 Å². The molecule has 0 aliphatic heterocycles. The van der Waals surface area contributed by atoms with Gasteiger partial charge in [-0.1, -0.05) is 0 Å². The van der Waals surface area contributed by atoms with Crippen LogP contribution in [0.5, 0.6) is 11.5 Å². The van der Waals surface area contributed by atoms with E-state index in [1.807, 2.05) is 0 Å². The number of carbonyl (C=O) groups is 1. The second-order valence-electron chi connectivity index (χ2n) is 3.56. The average molecular weight is 288 g/mol. The van der Waals surface area contributed by atoms with E-state index in [-0.39, 0.29) is 37.6 Å². The van der Waals surface area contributed by atoms with Crippen molar-refractivity contribution in [1.82, 2.24) is 10.6 Å². The summed E-state index contributed by atoms with van der Waals surface area (Å²) >= 11 is 0. The van der Waals surface area contributed by atoms with Crippen molar-refractivity contribution in [3.05, 3.63) is 23.8 Å². The number of aliphatic hydroxyl groups excluding tert-OH is 1. The Hall–Kier alpha value is -2.03. The van der Waals surface area contributed by atoms with Gasteiger partial charge in [-0.05, 0) is 17.7 Å². The van der Waals surface area contributed by atoms with Gasteiger partial charge in [0.25, 0.3) is 0 Å². The van der Waals surface area contributed by atoms with Crippen molar-refractivity contribution in [3.63, 3.8) is 0 Å². The Labute approximate surface area is 116 Å². The average Bonchev–Trinajstić information content (AvgIpc) is 2.42. The van der Waals surface area contributed by atoms with Crippen molar-refractivity contribution in [3.8, 4) is 11.5 Å². The summed E-state index contributed by atoms with van der Waals surface area (Å²) in [5.74, 6) is -0.0758. The topological polar surface area (TPSA) is 120 Å². The fourth-order valence-electron chi connectivity index (χ4n) is 1.09. The zero-order chi connectivity index (χ0) is 15.4. The van der Waals surface area contributed by atoms with Gasteiger partial charge in [0.15, 0.2) is 0 Å². The van der Waals surface area contributed by atoms with Crippen LogP contribution in [0, 0.1) is 0 Å². The monoisotopic (exact) mass is 288 g/mol. The van der Waals surface area contributed by atoms with Gasteiger partial charge in [0, 0.05) is 20.3 Å². The van der Waals surface area contributed by atoms with Crippen LogP contribution in [0.25, 0.3) is 0 Å². The molecule has 0 aliphatic rings. The lowest BCUT2D eigenvalue weighted by Gasteiger charge is -2.04. The summed E-state index contributed by atoms with van der Waals surface area (Å²) in [5, 5.41) is 31.1. The minimum Gasteiger partial charge on any atom is -0.508 e. The molecule has 8 heteroatoms. The Balaban J connectivity index is 0.000000361. The molecule has 0 heterocycles. The van der Waals surface area contributed by atoms with Gasteiger partial charge in [-0.2, -0.15) is 0 Å². The highest BCUT2D eigenvalue weighted by atomic mass is 16.5. The largest absolute Gasteiger partial charge is 0.508 e. The normalized spacial score (nSPS) is 9.35. The molecule has 20 heavy (non-hydrogen) atoms. The van der Waals surface area contributed by atoms with Gasteiger partial charge in [0.2, 0.25) is 0 Å². The van der Waals surface area contributed by atoms with Crippen molar-refractivity contribution < 1.29 is 29.6 Å². The fraction of sp³-hybridized carbons (Fsp3) is 0.417. The minimum atomic E-state index is -0.302. The van der Waals surface area contributed by atoms with E-state index < -0.39 is 0 Å². The van der Waals surface area contributed by atoms with Crippen molar-refractivity contribution in [2.24, 2.45) is 0 Å². The van der Waals surface area contributed by atoms with Crippen LogP contribution in [0.4, 0.5) is 4.79 Å². The summed E-state index contributed by atoms with van der Waals surface area (Å²) in [7, 11) is 2.99. The van der Waals surface area contributed by atoms with Gasteiger partial charge in [-0.15, -0.1) is 0 Å². The van der Waals surface area contributed by atoms with E-state index in [4.69, 9.17) is 15.3 Å². The van der Waals surface area contributed by atoms with Crippen LogP contribution < -0.4 is 10.6 Å². The number of nitrogens with one attached hydrogen (secondary N) is 2. The Morgan fingerprint density at radius 2 is 1.50 bits per heavy atom. The highest BCUT2D eigenvalue weighted by Gasteiger charge is 1.96. The lowest BCUT2D eigenvalue weighted by atomic mass is 10.2. The third-order valence-electron chi connectivity index (χ3n) is 1.90. The summed E-state index contributed by atoms with van der Waals surface area (Å²) in [6, 6.07) is 3.68. The Morgan fingerprint density at radius 1 is 1.05 bits per heavy atom. The van der Waals surface area contributed by atoms with E-state index in [0.717, 1.165) is 0 Å². The zero-order valence-corrected chi connectivity index (χ0v) is 11.4. The molecule has 1 rings (SSSR count). The fourth-order valence-corrected chi connectivity index (χ4v) is 1.09. The maximum absolute atomic E-state index is 10.6. The second kappa shape index (κ2) is 10.9. The van der Waals surface area contributed by atoms with E-state index >= 15 is 0 Å². The number of benzene rings is 1. The first-order chi connectivity index (χ1) is 9.53. The SMILES string of the molecule is COCNC(=O)NCOC.OCc1cc(O)cc(O)c1. The van der Waals surface area contributed by atoms with Crippen LogP contribution in [0.1, 0.15) is 5.56 Å². The number of phenols is 2. The lowest BCUT2D eigenvalue weighted by Crippen LogP contribution is -2.37. The summed E-state index contributed by atoms with van der Waals surface area (Å²) in [6.07, 6.45) is 0. The molecule has 0 aromatic heterocycles. The van der Waals surface area contributed by atoms with Gasteiger partial charge >= 0.3 is 6.03 Å². The molecule has 114 valence electrons. The van der Waals surface area contributed by atoms with Gasteiger partial charge < -0.3 is 35.4 Å². The lowest BCUT2D eigenvalue weighted by molar-refractivity contribution is 0.154. The third kappa shape index (κ3) is 8.97. The maximum atomic E-state index is 10.6. The first kappa shape index (κ1) is 18.0. The van der Waals surface area contributed by atoms with E-state index in [0.29, 0.717) is 5.56 Å². The van der Waals surface area contributed by atoms with Crippen LogP contribution in [0.2, 0.25) is 0 Å². The zero-order valence-electron chi connectivity index (χ0n) is 11.4. The number of phenolic OH excluding ortho intramolecular Hbond substituents is 2. The van der Waals surface area contributed by atoms with Crippen molar-refractivity contribution >= 4 is 6.03 Å². The number of carbonyl (C=O) groups excluding carboxylic acids is 1. The van der Waals surface area contributed by atoms with E-state index in [1.165, 1.54) is 32.4 Å². The predicted molar refractivity (Wildman–Crippen MR) is 71.1 cm³/mol. The molecule has 0 saturated carbocycles. The molecular weight excluding hydrogens is 268 g/mol. The number of aliphatic hydroxyl groups is 1. The first-order valence-corrected chi connectivity index (χ1v) is 5.65. The van der Waals surface area contributed by atoms with Crippen molar-refractivity contribution in [2.45, 2.75) is 6.61 Å².